The molecule has 3 atom stereocenters. The Hall–Kier alpha value is -0.590. The van der Waals surface area contributed by atoms with E-state index < -0.39 is 0 Å². The lowest BCUT2D eigenvalue weighted by Gasteiger charge is -2.29. The first kappa shape index (κ1) is 13.4. The highest BCUT2D eigenvalue weighted by molar-refractivity contribution is 7.99. The van der Waals surface area contributed by atoms with Crippen LogP contribution in [-0.4, -0.2) is 53.2 Å². The highest BCUT2D eigenvalue weighted by Crippen LogP contribution is 2.34. The minimum atomic E-state index is 0.311. The summed E-state index contributed by atoms with van der Waals surface area (Å²) >= 11 is 1.97. The van der Waals surface area contributed by atoms with Crippen molar-refractivity contribution in [2.75, 3.05) is 32.1 Å². The van der Waals surface area contributed by atoms with Crippen molar-refractivity contribution < 1.29 is 4.52 Å². The average molecular weight is 282 g/mol. The summed E-state index contributed by atoms with van der Waals surface area (Å²) in [5.74, 6) is 4.35. The van der Waals surface area contributed by atoms with Crippen LogP contribution in [0.15, 0.2) is 4.52 Å². The molecule has 1 saturated heterocycles. The molecule has 2 fully saturated rings. The molecule has 0 spiro atoms. The lowest BCUT2D eigenvalue weighted by atomic mass is 10.0. The van der Waals surface area contributed by atoms with Crippen LogP contribution in [0, 0.1) is 0 Å². The zero-order chi connectivity index (χ0) is 13.2. The van der Waals surface area contributed by atoms with E-state index in [0.717, 1.165) is 30.4 Å². The van der Waals surface area contributed by atoms with Crippen LogP contribution in [-0.2, 0) is 0 Å². The predicted octanol–water partition coefficient (Wildman–Crippen LogP) is 1.64. The first-order chi connectivity index (χ1) is 9.29. The van der Waals surface area contributed by atoms with Crippen LogP contribution in [0.1, 0.15) is 42.9 Å². The molecule has 2 heterocycles. The Morgan fingerprint density at radius 2 is 2.32 bits per heavy atom. The molecule has 1 aromatic rings. The predicted molar refractivity (Wildman–Crippen MR) is 76.4 cm³/mol. The highest BCUT2D eigenvalue weighted by atomic mass is 32.2. The Morgan fingerprint density at radius 3 is 3.11 bits per heavy atom. The third-order valence-corrected chi connectivity index (χ3v) is 5.38. The molecular weight excluding hydrogens is 260 g/mol. The molecule has 3 rings (SSSR count). The smallest absolute Gasteiger partial charge is 0.231 e. The van der Waals surface area contributed by atoms with E-state index in [0.29, 0.717) is 18.0 Å². The van der Waals surface area contributed by atoms with Crippen molar-refractivity contribution in [3.8, 4) is 0 Å². The fraction of sp³-hybridized carbons (Fsp3) is 0.846. The average Bonchev–Trinajstić information content (AvgIpc) is 3.07. The van der Waals surface area contributed by atoms with Gasteiger partial charge in [0.2, 0.25) is 5.89 Å². The number of hydrogen-bond donors (Lipinski definition) is 1. The third-order valence-electron chi connectivity index (χ3n) is 4.36. The van der Waals surface area contributed by atoms with Crippen LogP contribution in [0.3, 0.4) is 0 Å². The molecule has 3 unspecified atom stereocenters. The molecule has 1 aliphatic heterocycles. The van der Waals surface area contributed by atoms with Gasteiger partial charge < -0.3 is 9.84 Å². The molecule has 1 saturated carbocycles. The van der Waals surface area contributed by atoms with E-state index in [9.17, 15) is 0 Å². The van der Waals surface area contributed by atoms with Gasteiger partial charge in [0.15, 0.2) is 5.82 Å². The quantitative estimate of drug-likeness (QED) is 0.909. The summed E-state index contributed by atoms with van der Waals surface area (Å²) < 4.78 is 5.55. The number of thioether (sulfide) groups is 1. The Balaban J connectivity index is 1.75. The minimum absolute atomic E-state index is 0.311. The topological polar surface area (TPSA) is 54.2 Å². The molecule has 2 aliphatic rings. The lowest BCUT2D eigenvalue weighted by Crippen LogP contribution is -2.33. The Kier molecular flexibility index (Phi) is 4.10. The van der Waals surface area contributed by atoms with Crippen molar-refractivity contribution in [3.63, 3.8) is 0 Å². The van der Waals surface area contributed by atoms with Gasteiger partial charge >= 0.3 is 0 Å². The molecule has 1 aliphatic carbocycles. The van der Waals surface area contributed by atoms with Crippen LogP contribution < -0.4 is 5.32 Å². The van der Waals surface area contributed by atoms with Gasteiger partial charge in [-0.1, -0.05) is 11.6 Å². The highest BCUT2D eigenvalue weighted by Gasteiger charge is 2.33. The van der Waals surface area contributed by atoms with Gasteiger partial charge in [-0.3, -0.25) is 4.90 Å². The van der Waals surface area contributed by atoms with Gasteiger partial charge in [0.05, 0.1) is 12.0 Å². The molecule has 1 N–H and O–H groups in total. The van der Waals surface area contributed by atoms with Crippen LogP contribution in [0.5, 0.6) is 0 Å². The van der Waals surface area contributed by atoms with E-state index in [4.69, 9.17) is 9.51 Å². The first-order valence-electron chi connectivity index (χ1n) is 7.08. The molecule has 106 valence electrons. The summed E-state index contributed by atoms with van der Waals surface area (Å²) in [6, 6.07) is 0.803. The Morgan fingerprint density at radius 1 is 1.42 bits per heavy atom. The van der Waals surface area contributed by atoms with Gasteiger partial charge in [0.1, 0.15) is 0 Å². The number of aromatic nitrogens is 2. The Bertz CT molecular complexity index is 408. The summed E-state index contributed by atoms with van der Waals surface area (Å²) in [5.41, 5.74) is 0. The molecule has 0 radical (unpaired) electrons. The summed E-state index contributed by atoms with van der Waals surface area (Å²) in [7, 11) is 4.16. The molecule has 0 bridgehead atoms. The van der Waals surface area contributed by atoms with Crippen molar-refractivity contribution in [1.29, 1.82) is 0 Å². The fourth-order valence-corrected chi connectivity index (χ4v) is 4.30. The first-order valence-corrected chi connectivity index (χ1v) is 8.24. The third kappa shape index (κ3) is 2.66. The van der Waals surface area contributed by atoms with Gasteiger partial charge in [-0.15, -0.1) is 0 Å². The minimum Gasteiger partial charge on any atom is -0.339 e. The zero-order valence-electron chi connectivity index (χ0n) is 11.6. The number of nitrogens with zero attached hydrogens (tertiary/aromatic N) is 3. The Labute approximate surface area is 118 Å². The van der Waals surface area contributed by atoms with Crippen LogP contribution in [0.4, 0.5) is 0 Å². The van der Waals surface area contributed by atoms with Crippen molar-refractivity contribution in [1.82, 2.24) is 20.4 Å². The molecule has 6 heteroatoms. The van der Waals surface area contributed by atoms with E-state index in [1.807, 2.05) is 18.8 Å². The maximum atomic E-state index is 5.55. The lowest BCUT2D eigenvalue weighted by molar-refractivity contribution is 0.255. The van der Waals surface area contributed by atoms with Crippen LogP contribution in [0.2, 0.25) is 0 Å². The fourth-order valence-electron chi connectivity index (χ4n) is 3.09. The summed E-state index contributed by atoms with van der Waals surface area (Å²) in [6.07, 6.45) is 3.60. The molecule has 0 amide bonds. The van der Waals surface area contributed by atoms with Gasteiger partial charge in [-0.25, -0.2) is 0 Å². The summed E-state index contributed by atoms with van der Waals surface area (Å²) in [6.45, 7) is 1.10. The number of likely N-dealkylation sites (N-methyl/N-ethyl adjacent to an activating group) is 1. The molecular formula is C13H22N4OS. The molecule has 1 aromatic heterocycles. The number of hydrogen-bond acceptors (Lipinski definition) is 6. The zero-order valence-corrected chi connectivity index (χ0v) is 12.4. The van der Waals surface area contributed by atoms with Crippen molar-refractivity contribution >= 4 is 11.8 Å². The second-order valence-electron chi connectivity index (χ2n) is 5.49. The standard InChI is InChI=1S/C13H22N4OS/c1-14-10-5-3-4-9(10)13-15-12(16-18-13)11-8-19-7-6-17(11)2/h9-11,14H,3-8H2,1-2H3. The molecule has 5 nitrogen and oxygen atoms in total. The largest absolute Gasteiger partial charge is 0.339 e. The second-order valence-corrected chi connectivity index (χ2v) is 6.64. The van der Waals surface area contributed by atoms with Crippen molar-refractivity contribution in [2.45, 2.75) is 37.3 Å². The van der Waals surface area contributed by atoms with E-state index >= 15 is 0 Å². The maximum Gasteiger partial charge on any atom is 0.231 e. The van der Waals surface area contributed by atoms with Crippen LogP contribution >= 0.6 is 11.8 Å². The van der Waals surface area contributed by atoms with Gasteiger partial charge in [-0.05, 0) is 26.9 Å². The van der Waals surface area contributed by atoms with E-state index in [-0.39, 0.29) is 0 Å². The summed E-state index contributed by atoms with van der Waals surface area (Å²) in [4.78, 5) is 7.02. The van der Waals surface area contributed by atoms with Crippen molar-refractivity contribution in [2.24, 2.45) is 0 Å². The van der Waals surface area contributed by atoms with E-state index in [1.165, 1.54) is 18.6 Å². The molecule has 19 heavy (non-hydrogen) atoms. The van der Waals surface area contributed by atoms with Gasteiger partial charge in [0, 0.05) is 24.1 Å². The normalized spacial score (nSPS) is 32.8. The maximum absolute atomic E-state index is 5.55. The molecule has 0 aromatic carbocycles. The van der Waals surface area contributed by atoms with E-state index in [1.54, 1.807) is 0 Å². The second kappa shape index (κ2) is 5.81. The monoisotopic (exact) mass is 282 g/mol. The summed E-state index contributed by atoms with van der Waals surface area (Å²) in [5, 5.41) is 7.60. The number of nitrogens with one attached hydrogen (secondary N) is 1. The SMILES string of the molecule is CNC1CCCC1c1nc(C2CSCCN2C)no1. The van der Waals surface area contributed by atoms with E-state index in [2.05, 4.69) is 22.4 Å². The van der Waals surface area contributed by atoms with Crippen molar-refractivity contribution in [3.05, 3.63) is 11.7 Å². The van der Waals surface area contributed by atoms with Gasteiger partial charge in [-0.2, -0.15) is 16.7 Å². The van der Waals surface area contributed by atoms with Gasteiger partial charge in [0.25, 0.3) is 0 Å². The number of rotatable bonds is 3. The van der Waals surface area contributed by atoms with Crippen LogP contribution in [0.25, 0.3) is 0 Å².